The van der Waals surface area contributed by atoms with Crippen LogP contribution in [-0.2, 0) is 14.3 Å². The first kappa shape index (κ1) is 10.9. The average molecular weight is 218 g/mol. The number of benzene rings is 1. The van der Waals surface area contributed by atoms with E-state index in [-0.39, 0.29) is 6.42 Å². The molecule has 1 aliphatic rings. The molecule has 3 nitrogen and oxygen atoms in total. The van der Waals surface area contributed by atoms with Crippen molar-refractivity contribution in [1.82, 2.24) is 0 Å². The molecule has 0 aromatic heterocycles. The molecule has 1 saturated heterocycles. The maximum Gasteiger partial charge on any atom is 0.321 e. The summed E-state index contributed by atoms with van der Waals surface area (Å²) in [6, 6.07) is 7.80. The zero-order valence-corrected chi connectivity index (χ0v) is 9.40. The first-order chi connectivity index (χ1) is 7.58. The van der Waals surface area contributed by atoms with Crippen LogP contribution < -0.4 is 0 Å². The highest BCUT2D eigenvalue weighted by molar-refractivity contribution is 5.97. The summed E-state index contributed by atoms with van der Waals surface area (Å²) in [4.78, 5) is 22.3. The SMILES string of the molecule is CC(C)c1ccc([C@H]2CC(=O)OC2=O)cc1. The van der Waals surface area contributed by atoms with E-state index >= 15 is 0 Å². The number of hydrogen-bond donors (Lipinski definition) is 0. The minimum absolute atomic E-state index is 0.167. The predicted molar refractivity (Wildman–Crippen MR) is 59.0 cm³/mol. The molecule has 1 fully saturated rings. The van der Waals surface area contributed by atoms with Gasteiger partial charge in [-0.25, -0.2) is 0 Å². The van der Waals surface area contributed by atoms with Crippen molar-refractivity contribution in [3.63, 3.8) is 0 Å². The van der Waals surface area contributed by atoms with Gasteiger partial charge in [-0.1, -0.05) is 38.1 Å². The molecular weight excluding hydrogens is 204 g/mol. The molecule has 16 heavy (non-hydrogen) atoms. The Kier molecular flexibility index (Phi) is 2.77. The van der Waals surface area contributed by atoms with E-state index in [2.05, 4.69) is 18.6 Å². The molecule has 1 aliphatic heterocycles. The first-order valence-electron chi connectivity index (χ1n) is 5.42. The van der Waals surface area contributed by atoms with E-state index in [1.807, 2.05) is 24.3 Å². The largest absolute Gasteiger partial charge is 0.393 e. The van der Waals surface area contributed by atoms with Gasteiger partial charge in [0.1, 0.15) is 0 Å². The van der Waals surface area contributed by atoms with Gasteiger partial charge in [-0.3, -0.25) is 9.59 Å². The van der Waals surface area contributed by atoms with Gasteiger partial charge in [0.05, 0.1) is 12.3 Å². The van der Waals surface area contributed by atoms with Crippen molar-refractivity contribution < 1.29 is 14.3 Å². The highest BCUT2D eigenvalue weighted by atomic mass is 16.6. The Labute approximate surface area is 94.4 Å². The lowest BCUT2D eigenvalue weighted by atomic mass is 9.94. The van der Waals surface area contributed by atoms with Crippen LogP contribution in [0.2, 0.25) is 0 Å². The molecule has 0 radical (unpaired) electrons. The number of esters is 2. The zero-order chi connectivity index (χ0) is 11.7. The second kappa shape index (κ2) is 4.08. The Hall–Kier alpha value is -1.64. The molecule has 0 N–H and O–H groups in total. The fraction of sp³-hybridized carbons (Fsp3) is 0.385. The topological polar surface area (TPSA) is 43.4 Å². The lowest BCUT2D eigenvalue weighted by molar-refractivity contribution is -0.152. The third-order valence-electron chi connectivity index (χ3n) is 2.88. The lowest BCUT2D eigenvalue weighted by Gasteiger charge is -2.08. The van der Waals surface area contributed by atoms with E-state index < -0.39 is 17.9 Å². The molecule has 84 valence electrons. The van der Waals surface area contributed by atoms with Gasteiger partial charge in [0.25, 0.3) is 0 Å². The number of carbonyl (C=O) groups is 2. The minimum atomic E-state index is -0.428. The molecule has 0 aliphatic carbocycles. The summed E-state index contributed by atoms with van der Waals surface area (Å²) < 4.78 is 4.53. The van der Waals surface area contributed by atoms with Crippen LogP contribution in [0.1, 0.15) is 43.2 Å². The maximum absolute atomic E-state index is 11.4. The molecule has 1 aromatic rings. The Bertz CT molecular complexity index is 417. The Morgan fingerprint density at radius 2 is 1.81 bits per heavy atom. The molecule has 1 aromatic carbocycles. The number of carbonyl (C=O) groups excluding carboxylic acids is 2. The van der Waals surface area contributed by atoms with Crippen LogP contribution >= 0.6 is 0 Å². The van der Waals surface area contributed by atoms with Gasteiger partial charge in [0.15, 0.2) is 0 Å². The summed E-state index contributed by atoms with van der Waals surface area (Å²) in [5.41, 5.74) is 2.08. The Morgan fingerprint density at radius 3 is 2.25 bits per heavy atom. The fourth-order valence-corrected chi connectivity index (χ4v) is 1.84. The summed E-state index contributed by atoms with van der Waals surface area (Å²) in [5.74, 6) is -0.801. The van der Waals surface area contributed by atoms with Gasteiger partial charge in [-0.05, 0) is 17.0 Å². The van der Waals surface area contributed by atoms with Gasteiger partial charge >= 0.3 is 11.9 Å². The maximum atomic E-state index is 11.4. The summed E-state index contributed by atoms with van der Waals surface area (Å²) in [5, 5.41) is 0. The smallest absolute Gasteiger partial charge is 0.321 e. The van der Waals surface area contributed by atoms with Gasteiger partial charge in [0, 0.05) is 0 Å². The standard InChI is InChI=1S/C13H14O3/c1-8(2)9-3-5-10(6-4-9)11-7-12(14)16-13(11)15/h3-6,8,11H,7H2,1-2H3/t11-/m1/s1. The molecule has 0 saturated carbocycles. The second-order valence-electron chi connectivity index (χ2n) is 4.37. The molecule has 2 rings (SSSR count). The van der Waals surface area contributed by atoms with E-state index in [9.17, 15) is 9.59 Å². The summed E-state index contributed by atoms with van der Waals surface area (Å²) in [7, 11) is 0. The summed E-state index contributed by atoms with van der Waals surface area (Å²) in [6.45, 7) is 4.23. The van der Waals surface area contributed by atoms with Crippen molar-refractivity contribution in [2.24, 2.45) is 0 Å². The average Bonchev–Trinajstić information content (AvgIpc) is 2.58. The fourth-order valence-electron chi connectivity index (χ4n) is 1.84. The number of hydrogen-bond acceptors (Lipinski definition) is 3. The number of rotatable bonds is 2. The molecule has 1 heterocycles. The van der Waals surface area contributed by atoms with Gasteiger partial charge in [-0.15, -0.1) is 0 Å². The van der Waals surface area contributed by atoms with Crippen LogP contribution in [0.4, 0.5) is 0 Å². The van der Waals surface area contributed by atoms with Crippen LogP contribution in [0.5, 0.6) is 0 Å². The summed E-state index contributed by atoms with van der Waals surface area (Å²) in [6.07, 6.45) is 0.167. The molecule has 0 spiro atoms. The normalized spacial score (nSPS) is 20.3. The van der Waals surface area contributed by atoms with E-state index in [0.29, 0.717) is 5.92 Å². The van der Waals surface area contributed by atoms with Gasteiger partial charge in [0.2, 0.25) is 0 Å². The van der Waals surface area contributed by atoms with E-state index in [1.54, 1.807) is 0 Å². The highest BCUT2D eigenvalue weighted by Crippen LogP contribution is 2.28. The van der Waals surface area contributed by atoms with Crippen molar-refractivity contribution in [1.29, 1.82) is 0 Å². The third kappa shape index (κ3) is 1.98. The molecule has 0 bridgehead atoms. The Morgan fingerprint density at radius 1 is 1.19 bits per heavy atom. The van der Waals surface area contributed by atoms with Gasteiger partial charge in [-0.2, -0.15) is 0 Å². The Balaban J connectivity index is 2.22. The highest BCUT2D eigenvalue weighted by Gasteiger charge is 2.34. The summed E-state index contributed by atoms with van der Waals surface area (Å²) >= 11 is 0. The minimum Gasteiger partial charge on any atom is -0.393 e. The monoisotopic (exact) mass is 218 g/mol. The van der Waals surface area contributed by atoms with Crippen molar-refractivity contribution in [3.05, 3.63) is 35.4 Å². The molecular formula is C13H14O3. The molecule has 0 unspecified atom stereocenters. The lowest BCUT2D eigenvalue weighted by Crippen LogP contribution is -2.05. The number of ether oxygens (including phenoxy) is 1. The van der Waals surface area contributed by atoms with Crippen LogP contribution in [0.3, 0.4) is 0 Å². The molecule has 0 amide bonds. The predicted octanol–water partition coefficient (Wildman–Crippen LogP) is 2.37. The molecule has 3 heteroatoms. The zero-order valence-electron chi connectivity index (χ0n) is 9.40. The van der Waals surface area contributed by atoms with Crippen molar-refractivity contribution in [2.45, 2.75) is 32.1 Å². The van der Waals surface area contributed by atoms with E-state index in [4.69, 9.17) is 0 Å². The second-order valence-corrected chi connectivity index (χ2v) is 4.37. The molecule has 1 atom stereocenters. The van der Waals surface area contributed by atoms with Crippen molar-refractivity contribution in [3.8, 4) is 0 Å². The number of cyclic esters (lactones) is 2. The van der Waals surface area contributed by atoms with Crippen LogP contribution in [0.25, 0.3) is 0 Å². The van der Waals surface area contributed by atoms with Crippen LogP contribution in [0.15, 0.2) is 24.3 Å². The van der Waals surface area contributed by atoms with E-state index in [1.165, 1.54) is 5.56 Å². The van der Waals surface area contributed by atoms with Crippen LogP contribution in [-0.4, -0.2) is 11.9 Å². The van der Waals surface area contributed by atoms with Gasteiger partial charge < -0.3 is 4.74 Å². The van der Waals surface area contributed by atoms with Crippen molar-refractivity contribution >= 4 is 11.9 Å². The van der Waals surface area contributed by atoms with Crippen molar-refractivity contribution in [2.75, 3.05) is 0 Å². The van der Waals surface area contributed by atoms with Crippen LogP contribution in [0, 0.1) is 0 Å². The van der Waals surface area contributed by atoms with E-state index in [0.717, 1.165) is 5.56 Å². The first-order valence-corrected chi connectivity index (χ1v) is 5.42. The quantitative estimate of drug-likeness (QED) is 0.565. The third-order valence-corrected chi connectivity index (χ3v) is 2.88.